The first-order chi connectivity index (χ1) is 26.8. The largest absolute Gasteiger partial charge is 0.493 e. The number of methoxy groups -OCH3 is 5. The second kappa shape index (κ2) is 27.3. The average Bonchev–Trinajstić information content (AvgIpc) is 3.14. The van der Waals surface area contributed by atoms with Crippen molar-refractivity contribution >= 4 is 49.5 Å². The van der Waals surface area contributed by atoms with E-state index in [1.807, 2.05) is 48.6 Å². The minimum atomic E-state index is -4.64. The van der Waals surface area contributed by atoms with Crippen LogP contribution in [-0.2, 0) is 23.6 Å². The van der Waals surface area contributed by atoms with E-state index >= 15 is 0 Å². The smallest absolute Gasteiger partial charge is 0.466 e. The maximum absolute atomic E-state index is 12.3. The molecule has 2 unspecified atom stereocenters. The fraction of sp³-hybridized carbons (Fsp3) is 0.419. The second-order valence-corrected chi connectivity index (χ2v) is 11.9. The molecule has 25 nitrogen and oxygen atoms in total. The zero-order chi connectivity index (χ0) is 43.6. The number of nitrogens with two attached hydrogens (primary N) is 3. The Morgan fingerprint density at radius 1 is 0.807 bits per heavy atom. The molecule has 0 amide bonds. The molecule has 2 aromatic carbocycles. The van der Waals surface area contributed by atoms with Gasteiger partial charge >= 0.3 is 19.8 Å². The van der Waals surface area contributed by atoms with Gasteiger partial charge in [0.2, 0.25) is 5.75 Å². The molecule has 0 aromatic heterocycles. The number of anilines is 1. The SMILES string of the molecule is COC(=O)C(CCCNC(N)=N[N+](=O)[O-])Nc1cccc(C=Cc2cc(OC)c(OC)c(OC)c2)c1.COC(=O)C(N)CCCNC(N)=N[N+](=O)[O-].O=P(O)(O)O. The Balaban J connectivity index is 0.00000123. The fourth-order valence-corrected chi connectivity index (χ4v) is 4.29. The predicted molar refractivity (Wildman–Crippen MR) is 207 cm³/mol. The molecule has 0 aliphatic carbocycles. The fourth-order valence-electron chi connectivity index (χ4n) is 4.29. The molecule has 26 heteroatoms. The van der Waals surface area contributed by atoms with Gasteiger partial charge in [-0.2, -0.15) is 0 Å². The van der Waals surface area contributed by atoms with Gasteiger partial charge in [0, 0.05) is 18.8 Å². The molecule has 318 valence electrons. The van der Waals surface area contributed by atoms with Crippen molar-refractivity contribution < 1.29 is 62.6 Å². The Labute approximate surface area is 326 Å². The number of phosphoric acid groups is 1. The molecule has 0 bridgehead atoms. The highest BCUT2D eigenvalue weighted by Crippen LogP contribution is 2.38. The van der Waals surface area contributed by atoms with E-state index in [1.54, 1.807) is 21.3 Å². The number of hydrogen-bond acceptors (Lipinski definition) is 14. The van der Waals surface area contributed by atoms with E-state index in [1.165, 1.54) is 14.2 Å². The van der Waals surface area contributed by atoms with Gasteiger partial charge in [-0.05, 0) is 61.1 Å². The lowest BCUT2D eigenvalue weighted by atomic mass is 10.1. The van der Waals surface area contributed by atoms with E-state index in [0.717, 1.165) is 16.8 Å². The van der Waals surface area contributed by atoms with E-state index in [9.17, 15) is 29.8 Å². The lowest BCUT2D eigenvalue weighted by molar-refractivity contribution is -0.485. The summed E-state index contributed by atoms with van der Waals surface area (Å²) in [5.74, 6) is 0.112. The predicted octanol–water partition coefficient (Wildman–Crippen LogP) is 0.147. The lowest BCUT2D eigenvalue weighted by Gasteiger charge is -2.18. The number of hydrazone groups is 2. The second-order valence-electron chi connectivity index (χ2n) is 10.9. The van der Waals surface area contributed by atoms with Gasteiger partial charge in [-0.25, -0.2) is 29.6 Å². The first kappa shape index (κ1) is 50.7. The summed E-state index contributed by atoms with van der Waals surface area (Å²) in [7, 11) is 2.59. The Morgan fingerprint density at radius 2 is 1.28 bits per heavy atom. The molecule has 0 saturated heterocycles. The number of guanidine groups is 2. The van der Waals surface area contributed by atoms with Crippen LogP contribution in [0.4, 0.5) is 5.69 Å². The Hall–Kier alpha value is -6.27. The van der Waals surface area contributed by atoms with Crippen LogP contribution >= 0.6 is 7.82 Å². The van der Waals surface area contributed by atoms with Crippen LogP contribution in [0.1, 0.15) is 36.8 Å². The highest BCUT2D eigenvalue weighted by molar-refractivity contribution is 7.45. The summed E-state index contributed by atoms with van der Waals surface area (Å²) in [5.41, 5.74) is 18.5. The van der Waals surface area contributed by atoms with Gasteiger partial charge in [0.05, 0.1) is 35.5 Å². The van der Waals surface area contributed by atoms with Gasteiger partial charge < -0.3 is 71.5 Å². The Kier molecular flexibility index (Phi) is 24.3. The number of benzene rings is 2. The molecule has 0 radical (unpaired) electrons. The molecule has 2 atom stereocenters. The van der Waals surface area contributed by atoms with E-state index in [-0.39, 0.29) is 11.9 Å². The minimum absolute atomic E-state index is 0.281. The molecule has 2 rings (SSSR count). The molecular weight excluding hydrogens is 783 g/mol. The Bertz CT molecular complexity index is 1710. The highest BCUT2D eigenvalue weighted by Gasteiger charge is 2.19. The number of rotatable bonds is 19. The third-order valence-corrected chi connectivity index (χ3v) is 6.72. The quantitative estimate of drug-likeness (QED) is 0.0133. The first-order valence-corrected chi connectivity index (χ1v) is 17.8. The molecule has 0 heterocycles. The first-order valence-electron chi connectivity index (χ1n) is 16.3. The van der Waals surface area contributed by atoms with Crippen LogP contribution < -0.4 is 47.4 Å². The maximum atomic E-state index is 12.3. The average molecular weight is 833 g/mol. The molecular formula is C31H49N10O15P. The van der Waals surface area contributed by atoms with Crippen molar-refractivity contribution in [1.29, 1.82) is 0 Å². The molecule has 0 spiro atoms. The van der Waals surface area contributed by atoms with Crippen LogP contribution in [0.2, 0.25) is 0 Å². The van der Waals surface area contributed by atoms with Crippen molar-refractivity contribution in [3.8, 4) is 17.2 Å². The van der Waals surface area contributed by atoms with Crippen molar-refractivity contribution in [2.45, 2.75) is 37.8 Å². The van der Waals surface area contributed by atoms with Gasteiger partial charge in [-0.15, -0.1) is 0 Å². The molecule has 12 N–H and O–H groups in total. The Morgan fingerprint density at radius 3 is 1.72 bits per heavy atom. The zero-order valence-electron chi connectivity index (χ0n) is 31.7. The maximum Gasteiger partial charge on any atom is 0.466 e. The van der Waals surface area contributed by atoms with E-state index < -0.39 is 41.9 Å². The topological polar surface area (TPSA) is 383 Å². The van der Waals surface area contributed by atoms with Crippen LogP contribution in [-0.4, -0.2) is 109 Å². The number of nitro groups is 2. The summed E-state index contributed by atoms with van der Waals surface area (Å²) < 4.78 is 34.4. The van der Waals surface area contributed by atoms with Crippen molar-refractivity contribution in [1.82, 2.24) is 10.6 Å². The van der Waals surface area contributed by atoms with Crippen LogP contribution in [0.5, 0.6) is 17.2 Å². The summed E-state index contributed by atoms with van der Waals surface area (Å²) in [5, 5.41) is 32.5. The van der Waals surface area contributed by atoms with Crippen LogP contribution in [0, 0.1) is 20.2 Å². The normalized spacial score (nSPS) is 12.3. The molecule has 2 aromatic rings. The minimum Gasteiger partial charge on any atom is -0.493 e. The number of nitrogens with zero attached hydrogens (tertiary/aromatic N) is 4. The van der Waals surface area contributed by atoms with Gasteiger partial charge in [-0.3, -0.25) is 4.79 Å². The number of carbonyl (C=O) groups is 2. The molecule has 0 aliphatic heterocycles. The van der Waals surface area contributed by atoms with Crippen molar-refractivity contribution in [3.05, 3.63) is 67.8 Å². The number of nitrogens with one attached hydrogen (secondary N) is 3. The van der Waals surface area contributed by atoms with E-state index in [0.29, 0.717) is 56.0 Å². The summed E-state index contributed by atoms with van der Waals surface area (Å²) in [6.07, 6.45) is 5.62. The monoisotopic (exact) mass is 832 g/mol. The molecule has 0 saturated carbocycles. The van der Waals surface area contributed by atoms with Crippen molar-refractivity contribution in [2.24, 2.45) is 27.4 Å². The van der Waals surface area contributed by atoms with Gasteiger partial charge in [0.15, 0.2) is 21.6 Å². The molecule has 0 fully saturated rings. The van der Waals surface area contributed by atoms with Gasteiger partial charge in [0.1, 0.15) is 22.3 Å². The standard InChI is InChI=1S/C24H31N5O7.C7H15N5O4.H3O4P/c1-33-20-14-17(15-21(34-2)22(20)35-3)11-10-16-7-5-8-18(13-16)27-19(23(30)36-4)9-6-12-26-24(25)28-29(31)32;1-16-6(13)5(8)3-2-4-10-7(9)11-12(14)15;1-5(2,3)4/h5,7-8,10-11,13-15,19,27H,6,9,12H2,1-4H3,(H3,25,26,28);5H,2-4,8H2,1H3,(H3,9,10,11);(H3,1,2,3,4). The highest BCUT2D eigenvalue weighted by atomic mass is 31.2. The van der Waals surface area contributed by atoms with Crippen LogP contribution in [0.15, 0.2) is 46.6 Å². The summed E-state index contributed by atoms with van der Waals surface area (Å²) in [6, 6.07) is 9.88. The summed E-state index contributed by atoms with van der Waals surface area (Å²) >= 11 is 0. The van der Waals surface area contributed by atoms with E-state index in [4.69, 9.17) is 55.4 Å². The summed E-state index contributed by atoms with van der Waals surface area (Å²) in [4.78, 5) is 64.9. The van der Waals surface area contributed by atoms with Crippen LogP contribution in [0.3, 0.4) is 0 Å². The van der Waals surface area contributed by atoms with Crippen LogP contribution in [0.25, 0.3) is 12.2 Å². The number of hydrogen-bond donors (Lipinski definition) is 9. The van der Waals surface area contributed by atoms with E-state index in [2.05, 4.69) is 30.9 Å². The summed E-state index contributed by atoms with van der Waals surface area (Å²) in [6.45, 7) is 0.643. The van der Waals surface area contributed by atoms with Gasteiger partial charge in [-0.1, -0.05) is 24.3 Å². The molecule has 0 aliphatic rings. The number of carbonyl (C=O) groups excluding carboxylic acids is 2. The third kappa shape index (κ3) is 24.0. The van der Waals surface area contributed by atoms with Gasteiger partial charge in [0.25, 0.3) is 11.9 Å². The molecule has 57 heavy (non-hydrogen) atoms. The third-order valence-electron chi connectivity index (χ3n) is 6.72. The van der Waals surface area contributed by atoms with Crippen molar-refractivity contribution in [3.63, 3.8) is 0 Å². The van der Waals surface area contributed by atoms with Crippen molar-refractivity contribution in [2.75, 3.05) is 54.0 Å². The number of esters is 2. The lowest BCUT2D eigenvalue weighted by Crippen LogP contribution is -2.35. The number of ether oxygens (including phenoxy) is 5. The zero-order valence-corrected chi connectivity index (χ0v) is 32.6.